The largest absolute Gasteiger partial charge is 0.494 e. The first kappa shape index (κ1) is 20.7. The lowest BCUT2D eigenvalue weighted by molar-refractivity contribution is -0.119. The van der Waals surface area contributed by atoms with Gasteiger partial charge in [-0.25, -0.2) is 4.79 Å². The monoisotopic (exact) mass is 406 g/mol. The Bertz CT molecular complexity index is 984. The van der Waals surface area contributed by atoms with Crippen LogP contribution in [-0.2, 0) is 9.53 Å². The van der Waals surface area contributed by atoms with Crippen molar-refractivity contribution in [3.63, 3.8) is 0 Å². The highest BCUT2D eigenvalue weighted by molar-refractivity contribution is 5.95. The number of carbonyl (C=O) groups excluding carboxylic acids is 2. The van der Waals surface area contributed by atoms with Crippen LogP contribution in [0, 0.1) is 0 Å². The predicted octanol–water partition coefficient (Wildman–Crippen LogP) is 4.26. The van der Waals surface area contributed by atoms with E-state index in [1.807, 2.05) is 31.2 Å². The summed E-state index contributed by atoms with van der Waals surface area (Å²) in [6.45, 7) is 2.14. The minimum absolute atomic E-state index is 0.327. The minimum atomic E-state index is -0.593. The van der Waals surface area contributed by atoms with Gasteiger partial charge < -0.3 is 25.3 Å². The van der Waals surface area contributed by atoms with Gasteiger partial charge in [-0.1, -0.05) is 0 Å². The SMILES string of the molecule is CCOc1ccc(Oc2ccc(NC(=O)COC(=O)c3ccc(N)cc3)cc2)cc1. The third kappa shape index (κ3) is 6.00. The number of rotatable bonds is 8. The van der Waals surface area contributed by atoms with Crippen LogP contribution < -0.4 is 20.5 Å². The number of carbonyl (C=O) groups is 2. The van der Waals surface area contributed by atoms with E-state index in [1.54, 1.807) is 48.5 Å². The van der Waals surface area contributed by atoms with Crippen molar-refractivity contribution < 1.29 is 23.8 Å². The maximum Gasteiger partial charge on any atom is 0.338 e. The second-order valence-electron chi connectivity index (χ2n) is 6.28. The van der Waals surface area contributed by atoms with Crippen molar-refractivity contribution in [2.24, 2.45) is 0 Å². The van der Waals surface area contributed by atoms with Gasteiger partial charge in [0.25, 0.3) is 5.91 Å². The smallest absolute Gasteiger partial charge is 0.338 e. The molecule has 3 aromatic carbocycles. The number of nitrogen functional groups attached to an aromatic ring is 1. The van der Waals surface area contributed by atoms with Crippen LogP contribution in [0.2, 0.25) is 0 Å². The first-order valence-corrected chi connectivity index (χ1v) is 9.37. The average Bonchev–Trinajstić information content (AvgIpc) is 2.75. The van der Waals surface area contributed by atoms with Crippen molar-refractivity contribution in [1.82, 2.24) is 0 Å². The molecule has 0 aliphatic heterocycles. The fourth-order valence-electron chi connectivity index (χ4n) is 2.54. The van der Waals surface area contributed by atoms with Gasteiger partial charge in [0.05, 0.1) is 12.2 Å². The number of amides is 1. The van der Waals surface area contributed by atoms with Crippen molar-refractivity contribution in [3.8, 4) is 17.2 Å². The molecule has 7 heteroatoms. The van der Waals surface area contributed by atoms with Gasteiger partial charge in [-0.2, -0.15) is 0 Å². The van der Waals surface area contributed by atoms with Crippen LogP contribution in [0.15, 0.2) is 72.8 Å². The summed E-state index contributed by atoms with van der Waals surface area (Å²) in [5, 5.41) is 2.66. The molecule has 30 heavy (non-hydrogen) atoms. The molecule has 3 N–H and O–H groups in total. The summed E-state index contributed by atoms with van der Waals surface area (Å²) in [6, 6.07) is 20.4. The van der Waals surface area contributed by atoms with Crippen LogP contribution in [-0.4, -0.2) is 25.1 Å². The minimum Gasteiger partial charge on any atom is -0.494 e. The summed E-state index contributed by atoms with van der Waals surface area (Å²) in [4.78, 5) is 23.9. The Balaban J connectivity index is 1.48. The molecule has 3 rings (SSSR count). The molecule has 0 unspecified atom stereocenters. The first-order chi connectivity index (χ1) is 14.5. The van der Waals surface area contributed by atoms with Crippen LogP contribution in [0.4, 0.5) is 11.4 Å². The van der Waals surface area contributed by atoms with Gasteiger partial charge in [0.15, 0.2) is 6.61 Å². The van der Waals surface area contributed by atoms with E-state index in [0.717, 1.165) is 5.75 Å². The lowest BCUT2D eigenvalue weighted by Crippen LogP contribution is -2.20. The summed E-state index contributed by atoms with van der Waals surface area (Å²) < 4.78 is 16.2. The molecule has 0 saturated heterocycles. The zero-order chi connectivity index (χ0) is 21.3. The van der Waals surface area contributed by atoms with Crippen molar-refractivity contribution in [3.05, 3.63) is 78.4 Å². The van der Waals surface area contributed by atoms with E-state index in [2.05, 4.69) is 5.32 Å². The second kappa shape index (κ2) is 9.97. The van der Waals surface area contributed by atoms with Crippen LogP contribution in [0.1, 0.15) is 17.3 Å². The molecule has 0 radical (unpaired) electrons. The lowest BCUT2D eigenvalue weighted by atomic mass is 10.2. The Hall–Kier alpha value is -4.00. The van der Waals surface area contributed by atoms with E-state index in [-0.39, 0.29) is 0 Å². The summed E-state index contributed by atoms with van der Waals surface area (Å²) in [6.07, 6.45) is 0. The zero-order valence-electron chi connectivity index (χ0n) is 16.5. The summed E-state index contributed by atoms with van der Waals surface area (Å²) in [5.41, 5.74) is 7.00. The molecule has 0 aliphatic rings. The van der Waals surface area contributed by atoms with Crippen LogP contribution >= 0.6 is 0 Å². The molecule has 0 aliphatic carbocycles. The fraction of sp³-hybridized carbons (Fsp3) is 0.130. The zero-order valence-corrected chi connectivity index (χ0v) is 16.5. The van der Waals surface area contributed by atoms with E-state index in [9.17, 15) is 9.59 Å². The number of benzene rings is 3. The summed E-state index contributed by atoms with van der Waals surface area (Å²) in [7, 11) is 0. The quantitative estimate of drug-likeness (QED) is 0.428. The third-order valence-electron chi connectivity index (χ3n) is 3.99. The summed E-state index contributed by atoms with van der Waals surface area (Å²) in [5.74, 6) is 1.03. The number of ether oxygens (including phenoxy) is 3. The predicted molar refractivity (Wildman–Crippen MR) is 114 cm³/mol. The molecule has 0 saturated carbocycles. The Morgan fingerprint density at radius 3 is 2.00 bits per heavy atom. The topological polar surface area (TPSA) is 99.9 Å². The van der Waals surface area contributed by atoms with E-state index < -0.39 is 18.5 Å². The standard InChI is InChI=1S/C23H22N2O5/c1-2-28-19-11-13-21(14-12-19)30-20-9-7-18(8-10-20)25-22(26)15-29-23(27)16-3-5-17(24)6-4-16/h3-14H,2,15,24H2,1H3,(H,25,26). The molecule has 0 fully saturated rings. The molecule has 1 amide bonds. The van der Waals surface area contributed by atoms with Crippen LogP contribution in [0.3, 0.4) is 0 Å². The molecular weight excluding hydrogens is 384 g/mol. The van der Waals surface area contributed by atoms with Gasteiger partial charge in [-0.15, -0.1) is 0 Å². The molecule has 7 nitrogen and oxygen atoms in total. The van der Waals surface area contributed by atoms with Crippen molar-refractivity contribution in [2.45, 2.75) is 6.92 Å². The third-order valence-corrected chi connectivity index (χ3v) is 3.99. The highest BCUT2D eigenvalue weighted by atomic mass is 16.5. The Kier molecular flexibility index (Phi) is 6.89. The number of anilines is 2. The highest BCUT2D eigenvalue weighted by Gasteiger charge is 2.10. The van der Waals surface area contributed by atoms with Crippen LogP contribution in [0.25, 0.3) is 0 Å². The van der Waals surface area contributed by atoms with Gasteiger partial charge in [0.1, 0.15) is 17.2 Å². The highest BCUT2D eigenvalue weighted by Crippen LogP contribution is 2.25. The normalized spacial score (nSPS) is 10.2. The number of esters is 1. The number of hydrogen-bond donors (Lipinski definition) is 2. The van der Waals surface area contributed by atoms with Crippen molar-refractivity contribution in [2.75, 3.05) is 24.3 Å². The molecular formula is C23H22N2O5. The van der Waals surface area contributed by atoms with Crippen molar-refractivity contribution >= 4 is 23.3 Å². The molecule has 3 aromatic rings. The van der Waals surface area contributed by atoms with E-state index in [0.29, 0.717) is 35.0 Å². The van der Waals surface area contributed by atoms with E-state index >= 15 is 0 Å². The maximum absolute atomic E-state index is 12.0. The average molecular weight is 406 g/mol. The molecule has 0 aromatic heterocycles. The molecule has 0 atom stereocenters. The van der Waals surface area contributed by atoms with Gasteiger partial charge in [-0.05, 0) is 79.7 Å². The van der Waals surface area contributed by atoms with Gasteiger partial charge in [0, 0.05) is 11.4 Å². The Morgan fingerprint density at radius 1 is 0.833 bits per heavy atom. The van der Waals surface area contributed by atoms with Gasteiger partial charge in [0.2, 0.25) is 0 Å². The van der Waals surface area contributed by atoms with E-state index in [4.69, 9.17) is 19.9 Å². The van der Waals surface area contributed by atoms with E-state index in [1.165, 1.54) is 0 Å². The lowest BCUT2D eigenvalue weighted by Gasteiger charge is -2.09. The summed E-state index contributed by atoms with van der Waals surface area (Å²) >= 11 is 0. The maximum atomic E-state index is 12.0. The molecule has 0 spiro atoms. The van der Waals surface area contributed by atoms with Gasteiger partial charge in [-0.3, -0.25) is 4.79 Å². The number of nitrogens with one attached hydrogen (secondary N) is 1. The molecule has 154 valence electrons. The van der Waals surface area contributed by atoms with Crippen molar-refractivity contribution in [1.29, 1.82) is 0 Å². The first-order valence-electron chi connectivity index (χ1n) is 9.37. The number of hydrogen-bond acceptors (Lipinski definition) is 6. The van der Waals surface area contributed by atoms with Gasteiger partial charge >= 0.3 is 5.97 Å². The number of nitrogens with two attached hydrogens (primary N) is 1. The molecule has 0 bridgehead atoms. The molecule has 0 heterocycles. The Labute approximate surface area is 174 Å². The second-order valence-corrected chi connectivity index (χ2v) is 6.28. The fourth-order valence-corrected chi connectivity index (χ4v) is 2.54. The van der Waals surface area contributed by atoms with Crippen LogP contribution in [0.5, 0.6) is 17.2 Å². The Morgan fingerprint density at radius 2 is 1.40 bits per heavy atom.